The van der Waals surface area contributed by atoms with Crippen LogP contribution in [0.1, 0.15) is 16.7 Å². The minimum Gasteiger partial charge on any atom is -0.493 e. The normalized spacial score (nSPS) is 14.6. The molecule has 3 aromatic carbocycles. The van der Waals surface area contributed by atoms with E-state index in [4.69, 9.17) is 9.47 Å². The molecule has 29 heavy (non-hydrogen) atoms. The molecule has 1 aliphatic heterocycles. The second-order valence-corrected chi connectivity index (χ2v) is 7.32. The van der Waals surface area contributed by atoms with Crippen molar-refractivity contribution in [3.63, 3.8) is 0 Å². The lowest BCUT2D eigenvalue weighted by Crippen LogP contribution is -2.05. The minimum atomic E-state index is -0.459. The first kappa shape index (κ1) is 19.2. The summed E-state index contributed by atoms with van der Waals surface area (Å²) in [5.74, 6) is 0.628. The van der Waals surface area contributed by atoms with Crippen molar-refractivity contribution in [2.24, 2.45) is 4.99 Å². The van der Waals surface area contributed by atoms with Gasteiger partial charge in [0.1, 0.15) is 5.75 Å². The van der Waals surface area contributed by atoms with Crippen LogP contribution in [0.3, 0.4) is 0 Å². The Morgan fingerprint density at radius 3 is 2.41 bits per heavy atom. The lowest BCUT2D eigenvalue weighted by Gasteiger charge is -2.06. The Bertz CT molecular complexity index is 1070. The van der Waals surface area contributed by atoms with Crippen LogP contribution < -0.4 is 4.74 Å². The maximum Gasteiger partial charge on any atom is 0.363 e. The molecule has 0 saturated heterocycles. The molecule has 5 heteroatoms. The van der Waals surface area contributed by atoms with Crippen LogP contribution in [0.4, 0.5) is 0 Å². The van der Waals surface area contributed by atoms with E-state index in [1.807, 2.05) is 66.7 Å². The predicted octanol–water partition coefficient (Wildman–Crippen LogP) is 5.42. The number of benzene rings is 3. The van der Waals surface area contributed by atoms with Crippen molar-refractivity contribution in [2.45, 2.75) is 6.42 Å². The Morgan fingerprint density at radius 2 is 1.66 bits per heavy atom. The largest absolute Gasteiger partial charge is 0.493 e. The molecular weight excluding hydrogens is 430 g/mol. The van der Waals surface area contributed by atoms with Crippen LogP contribution in [0.25, 0.3) is 6.08 Å². The minimum absolute atomic E-state index is 0.272. The standard InChI is InChI=1S/C24H18BrNO3/c25-21-9-5-4-8-20(21)23-26-22(24(27)29-23)16-18-10-12-19(13-11-18)28-15-14-17-6-2-1-3-7-17/h1-13,16H,14-15H2/b22-16-. The van der Waals surface area contributed by atoms with Gasteiger partial charge in [0, 0.05) is 10.9 Å². The van der Waals surface area contributed by atoms with E-state index < -0.39 is 5.97 Å². The van der Waals surface area contributed by atoms with Gasteiger partial charge < -0.3 is 9.47 Å². The van der Waals surface area contributed by atoms with Gasteiger partial charge in [-0.1, -0.05) is 54.6 Å². The summed E-state index contributed by atoms with van der Waals surface area (Å²) in [5.41, 5.74) is 3.11. The van der Waals surface area contributed by atoms with Crippen LogP contribution in [-0.2, 0) is 16.0 Å². The van der Waals surface area contributed by atoms with E-state index in [9.17, 15) is 4.79 Å². The zero-order valence-electron chi connectivity index (χ0n) is 15.5. The molecule has 4 nitrogen and oxygen atoms in total. The quantitative estimate of drug-likeness (QED) is 0.374. The molecule has 0 amide bonds. The van der Waals surface area contributed by atoms with Gasteiger partial charge in [-0.05, 0) is 57.4 Å². The van der Waals surface area contributed by atoms with Gasteiger partial charge >= 0.3 is 5.97 Å². The zero-order valence-corrected chi connectivity index (χ0v) is 17.1. The van der Waals surface area contributed by atoms with Crippen LogP contribution in [0.2, 0.25) is 0 Å². The zero-order chi connectivity index (χ0) is 20.1. The summed E-state index contributed by atoms with van der Waals surface area (Å²) in [6, 6.07) is 25.3. The number of hydrogen-bond acceptors (Lipinski definition) is 4. The van der Waals surface area contributed by atoms with E-state index >= 15 is 0 Å². The lowest BCUT2D eigenvalue weighted by molar-refractivity contribution is -0.129. The van der Waals surface area contributed by atoms with E-state index in [1.54, 1.807) is 6.08 Å². The summed E-state index contributed by atoms with van der Waals surface area (Å²) in [4.78, 5) is 16.5. The number of hydrogen-bond donors (Lipinski definition) is 0. The monoisotopic (exact) mass is 447 g/mol. The smallest absolute Gasteiger partial charge is 0.363 e. The molecule has 1 heterocycles. The Balaban J connectivity index is 1.42. The molecule has 0 N–H and O–H groups in total. The molecule has 3 aromatic rings. The highest BCUT2D eigenvalue weighted by Crippen LogP contribution is 2.24. The third-order valence-corrected chi connectivity index (χ3v) is 5.10. The van der Waals surface area contributed by atoms with Gasteiger partial charge in [-0.25, -0.2) is 9.79 Å². The first-order valence-corrected chi connectivity index (χ1v) is 10.0. The van der Waals surface area contributed by atoms with Gasteiger partial charge in [-0.15, -0.1) is 0 Å². The number of nitrogens with zero attached hydrogens (tertiary/aromatic N) is 1. The van der Waals surface area contributed by atoms with Crippen molar-refractivity contribution in [3.05, 3.63) is 106 Å². The van der Waals surface area contributed by atoms with Gasteiger partial charge in [0.15, 0.2) is 5.70 Å². The molecule has 0 spiro atoms. The van der Waals surface area contributed by atoms with Crippen molar-refractivity contribution in [1.82, 2.24) is 0 Å². The molecule has 4 rings (SSSR count). The van der Waals surface area contributed by atoms with Crippen LogP contribution in [-0.4, -0.2) is 18.5 Å². The van der Waals surface area contributed by atoms with Crippen LogP contribution in [0.5, 0.6) is 5.75 Å². The number of aliphatic imine (C=N–C) groups is 1. The Kier molecular flexibility index (Phi) is 5.86. The third-order valence-electron chi connectivity index (χ3n) is 4.41. The van der Waals surface area contributed by atoms with Crippen LogP contribution in [0.15, 0.2) is 94.0 Å². The number of carbonyl (C=O) groups is 1. The van der Waals surface area contributed by atoms with Crippen molar-refractivity contribution in [2.75, 3.05) is 6.61 Å². The summed E-state index contributed by atoms with van der Waals surface area (Å²) in [6.07, 6.45) is 2.56. The number of cyclic esters (lactones) is 1. The number of ether oxygens (including phenoxy) is 2. The first-order valence-electron chi connectivity index (χ1n) is 9.23. The fourth-order valence-electron chi connectivity index (χ4n) is 2.91. The van der Waals surface area contributed by atoms with E-state index in [2.05, 4.69) is 33.1 Å². The molecule has 0 unspecified atom stereocenters. The summed E-state index contributed by atoms with van der Waals surface area (Å²) < 4.78 is 11.9. The molecule has 144 valence electrons. The van der Waals surface area contributed by atoms with Crippen LogP contribution in [0, 0.1) is 0 Å². The summed E-state index contributed by atoms with van der Waals surface area (Å²) >= 11 is 3.45. The lowest BCUT2D eigenvalue weighted by atomic mass is 10.1. The Hall–Kier alpha value is -3.18. The number of carbonyl (C=O) groups excluding carboxylic acids is 1. The fraction of sp³-hybridized carbons (Fsp3) is 0.0833. The molecule has 0 aliphatic carbocycles. The van der Waals surface area contributed by atoms with E-state index in [-0.39, 0.29) is 5.70 Å². The number of halogens is 1. The second kappa shape index (κ2) is 8.88. The maximum absolute atomic E-state index is 12.2. The second-order valence-electron chi connectivity index (χ2n) is 6.47. The molecule has 0 saturated carbocycles. The van der Waals surface area contributed by atoms with Gasteiger partial charge in [-0.3, -0.25) is 0 Å². The first-order chi connectivity index (χ1) is 14.2. The maximum atomic E-state index is 12.2. The molecule has 0 fully saturated rings. The SMILES string of the molecule is O=C1OC(c2ccccc2Br)=N/C1=C\c1ccc(OCCc2ccccc2)cc1. The average Bonchev–Trinajstić information content (AvgIpc) is 3.10. The van der Waals surface area contributed by atoms with Gasteiger partial charge in [0.2, 0.25) is 5.90 Å². The summed E-state index contributed by atoms with van der Waals surface area (Å²) in [6.45, 7) is 0.608. The number of rotatable bonds is 6. The number of esters is 1. The highest BCUT2D eigenvalue weighted by molar-refractivity contribution is 9.10. The topological polar surface area (TPSA) is 47.9 Å². The van der Waals surface area contributed by atoms with Gasteiger partial charge in [0.05, 0.1) is 12.2 Å². The van der Waals surface area contributed by atoms with E-state index in [0.717, 1.165) is 27.8 Å². The molecule has 0 atom stereocenters. The van der Waals surface area contributed by atoms with Gasteiger partial charge in [-0.2, -0.15) is 0 Å². The van der Waals surface area contributed by atoms with Crippen molar-refractivity contribution >= 4 is 33.9 Å². The van der Waals surface area contributed by atoms with Crippen LogP contribution >= 0.6 is 15.9 Å². The fourth-order valence-corrected chi connectivity index (χ4v) is 3.36. The summed E-state index contributed by atoms with van der Waals surface area (Å²) in [7, 11) is 0. The van der Waals surface area contributed by atoms with Gasteiger partial charge in [0.25, 0.3) is 0 Å². The third kappa shape index (κ3) is 4.81. The summed E-state index contributed by atoms with van der Waals surface area (Å²) in [5, 5.41) is 0. The van der Waals surface area contributed by atoms with E-state index in [1.165, 1.54) is 5.56 Å². The van der Waals surface area contributed by atoms with Crippen molar-refractivity contribution < 1.29 is 14.3 Å². The van der Waals surface area contributed by atoms with Crippen molar-refractivity contribution in [1.29, 1.82) is 0 Å². The molecule has 0 radical (unpaired) electrons. The molecule has 1 aliphatic rings. The molecule has 0 bridgehead atoms. The highest BCUT2D eigenvalue weighted by atomic mass is 79.9. The van der Waals surface area contributed by atoms with Crippen molar-refractivity contribution in [3.8, 4) is 5.75 Å². The predicted molar refractivity (Wildman–Crippen MR) is 117 cm³/mol. The molecular formula is C24H18BrNO3. The Morgan fingerprint density at radius 1 is 0.931 bits per heavy atom. The Labute approximate surface area is 177 Å². The molecule has 0 aromatic heterocycles. The highest BCUT2D eigenvalue weighted by Gasteiger charge is 2.25. The van der Waals surface area contributed by atoms with E-state index in [0.29, 0.717) is 12.5 Å². The average molecular weight is 448 g/mol.